The number of thiophene rings is 1. The smallest absolute Gasteiger partial charge is 0.0452 e. The van der Waals surface area contributed by atoms with Crippen LogP contribution < -0.4 is 0 Å². The van der Waals surface area contributed by atoms with Gasteiger partial charge in [-0.2, -0.15) is 0 Å². The molecule has 2 unspecified atom stereocenters. The third-order valence-electron chi connectivity index (χ3n) is 13.9. The molecule has 64 heavy (non-hydrogen) atoms. The molecule has 0 radical (unpaired) electrons. The summed E-state index contributed by atoms with van der Waals surface area (Å²) in [7, 11) is 0. The van der Waals surface area contributed by atoms with Crippen LogP contribution in [0.5, 0.6) is 0 Å². The van der Waals surface area contributed by atoms with Gasteiger partial charge in [0, 0.05) is 54.8 Å². The van der Waals surface area contributed by atoms with E-state index in [1.54, 1.807) is 0 Å². The van der Waals surface area contributed by atoms with Crippen molar-refractivity contribution in [2.24, 2.45) is 17.3 Å². The number of rotatable bonds is 9. The van der Waals surface area contributed by atoms with Crippen molar-refractivity contribution in [1.82, 2.24) is 4.57 Å². The minimum atomic E-state index is 0.131. The number of para-hydroxylation sites is 1. The fourth-order valence-electron chi connectivity index (χ4n) is 10.7. The lowest BCUT2D eigenvalue weighted by Crippen LogP contribution is -2.21. The summed E-state index contributed by atoms with van der Waals surface area (Å²) in [4.78, 5) is 2.87. The van der Waals surface area contributed by atoms with Gasteiger partial charge in [0.15, 0.2) is 0 Å². The van der Waals surface area contributed by atoms with E-state index >= 15 is 0 Å². The lowest BCUT2D eigenvalue weighted by molar-refractivity contribution is 0.335. The van der Waals surface area contributed by atoms with Crippen LogP contribution in [0.15, 0.2) is 163 Å². The van der Waals surface area contributed by atoms with Crippen molar-refractivity contribution in [2.45, 2.75) is 77.5 Å². The highest BCUT2D eigenvalue weighted by Crippen LogP contribution is 2.55. The maximum absolute atomic E-state index is 4.58. The zero-order chi connectivity index (χ0) is 43.8. The SMILES string of the molecule is C=C1CCC/C=C\CSc2c1cccc2C1=Cc2c(/C=C(\C=C/C)c3ccc(-c4cccc5c(CCC)c(C6=CC(C)(C)C7C=CC=CC67)sc45)cc3)cn(-c3ccccc3)c2CC1. The van der Waals surface area contributed by atoms with Gasteiger partial charge < -0.3 is 4.57 Å². The molecule has 4 aliphatic rings. The van der Waals surface area contributed by atoms with Crippen molar-refractivity contribution in [3.63, 3.8) is 0 Å². The topological polar surface area (TPSA) is 4.93 Å². The van der Waals surface area contributed by atoms with E-state index in [1.165, 1.54) is 98.0 Å². The minimum Gasteiger partial charge on any atom is -0.320 e. The fourth-order valence-corrected chi connectivity index (χ4v) is 13.3. The summed E-state index contributed by atoms with van der Waals surface area (Å²) in [5.41, 5.74) is 18.7. The lowest BCUT2D eigenvalue weighted by atomic mass is 9.75. The summed E-state index contributed by atoms with van der Waals surface area (Å²) < 4.78 is 3.84. The Balaban J connectivity index is 1.04. The van der Waals surface area contributed by atoms with Crippen LogP contribution in [0.3, 0.4) is 0 Å². The van der Waals surface area contributed by atoms with E-state index in [9.17, 15) is 0 Å². The van der Waals surface area contributed by atoms with Gasteiger partial charge in [0.2, 0.25) is 0 Å². The molecule has 10 rings (SSSR count). The van der Waals surface area contributed by atoms with Crippen LogP contribution in [0.1, 0.15) is 104 Å². The zero-order valence-corrected chi connectivity index (χ0v) is 39.5. The monoisotopic (exact) mass is 869 g/mol. The molecule has 0 fully saturated rings. The molecule has 0 bridgehead atoms. The van der Waals surface area contributed by atoms with Gasteiger partial charge in [-0.15, -0.1) is 23.1 Å². The normalized spacial score (nSPS) is 19.9. The average Bonchev–Trinajstić information content (AvgIpc) is 3.97. The summed E-state index contributed by atoms with van der Waals surface area (Å²) >= 11 is 3.98. The maximum atomic E-state index is 4.58. The largest absolute Gasteiger partial charge is 0.320 e. The first-order chi connectivity index (χ1) is 31.3. The molecule has 3 heteroatoms. The van der Waals surface area contributed by atoms with Crippen molar-refractivity contribution in [3.8, 4) is 16.8 Å². The zero-order valence-electron chi connectivity index (χ0n) is 37.9. The number of aryl methyl sites for hydroxylation is 1. The van der Waals surface area contributed by atoms with Gasteiger partial charge in [-0.1, -0.05) is 167 Å². The third kappa shape index (κ3) is 7.96. The Hall–Kier alpha value is -5.61. The van der Waals surface area contributed by atoms with E-state index in [2.05, 4.69) is 203 Å². The molecule has 0 saturated carbocycles. The van der Waals surface area contributed by atoms with Crippen LogP contribution in [0, 0.1) is 17.3 Å². The van der Waals surface area contributed by atoms with Gasteiger partial charge in [0.05, 0.1) is 0 Å². The second-order valence-corrected chi connectivity index (χ2v) is 20.6. The molecule has 3 aliphatic carbocycles. The Morgan fingerprint density at radius 2 is 1.66 bits per heavy atom. The van der Waals surface area contributed by atoms with Crippen LogP contribution >= 0.6 is 23.1 Å². The van der Waals surface area contributed by atoms with Crippen molar-refractivity contribution in [1.29, 1.82) is 0 Å². The molecular formula is C61H59NS2. The maximum Gasteiger partial charge on any atom is 0.0452 e. The van der Waals surface area contributed by atoms with Crippen LogP contribution in [0.4, 0.5) is 0 Å². The van der Waals surface area contributed by atoms with Crippen LogP contribution in [-0.4, -0.2) is 10.3 Å². The number of benzene rings is 4. The number of aromatic nitrogens is 1. The highest BCUT2D eigenvalue weighted by molar-refractivity contribution is 7.99. The number of hydrogen-bond acceptors (Lipinski definition) is 2. The summed E-state index contributed by atoms with van der Waals surface area (Å²) in [6, 6.07) is 34.1. The van der Waals surface area contributed by atoms with E-state index in [4.69, 9.17) is 0 Å². The van der Waals surface area contributed by atoms with Crippen molar-refractivity contribution >= 4 is 67.6 Å². The van der Waals surface area contributed by atoms with Crippen LogP contribution in [0.2, 0.25) is 0 Å². The quantitative estimate of drug-likeness (QED) is 0.104. The first kappa shape index (κ1) is 42.3. The Morgan fingerprint density at radius 3 is 2.48 bits per heavy atom. The lowest BCUT2D eigenvalue weighted by Gasteiger charge is -2.29. The van der Waals surface area contributed by atoms with Gasteiger partial charge in [-0.25, -0.2) is 0 Å². The number of nitrogens with zero attached hydrogens (tertiary/aromatic N) is 1. The van der Waals surface area contributed by atoms with Gasteiger partial charge in [-0.3, -0.25) is 0 Å². The number of thioether (sulfide) groups is 1. The Kier molecular flexibility index (Phi) is 12.0. The molecule has 6 aromatic rings. The molecule has 2 atom stereocenters. The Labute approximate surface area is 389 Å². The van der Waals surface area contributed by atoms with Gasteiger partial charge >= 0.3 is 0 Å². The molecule has 0 amide bonds. The van der Waals surface area contributed by atoms with Crippen molar-refractivity contribution in [3.05, 3.63) is 202 Å². The summed E-state index contributed by atoms with van der Waals surface area (Å²) in [6.45, 7) is 13.9. The summed E-state index contributed by atoms with van der Waals surface area (Å²) in [5.74, 6) is 1.93. The predicted molar refractivity (Wildman–Crippen MR) is 282 cm³/mol. The standard InChI is InChI=1S/C61H59NS2/c1-6-19-44(42-30-32-43(33-31-42)49-26-18-28-53-52(20-7-2)60(64-59(49)53)55-39-61(4,5)56-29-15-14-24-51(55)56)37-46-40-62(47-22-12-10-13-23-47)57-35-34-45(38-54(46)57)50-27-17-25-48-41(3)21-11-8-9-16-36-63-58(48)50/h6,9-10,12-19,22-33,37-40,51,56H,3,7-8,11,20-21,34-36H2,1-2,4-5H3/b16-9-,19-6-,44-37+. The molecule has 2 aromatic heterocycles. The van der Waals surface area contributed by atoms with Gasteiger partial charge in [0.25, 0.3) is 0 Å². The highest BCUT2D eigenvalue weighted by Gasteiger charge is 2.42. The Morgan fingerprint density at radius 1 is 0.859 bits per heavy atom. The predicted octanol–water partition coefficient (Wildman–Crippen LogP) is 17.5. The number of allylic oxidation sites excluding steroid dienone is 12. The summed E-state index contributed by atoms with van der Waals surface area (Å²) in [6.07, 6.45) is 35.9. The molecule has 0 N–H and O–H groups in total. The fraction of sp³-hybridized carbons (Fsp3) is 0.246. The Bertz CT molecular complexity index is 2970. The van der Waals surface area contributed by atoms with E-state index < -0.39 is 0 Å². The van der Waals surface area contributed by atoms with Crippen molar-refractivity contribution < 1.29 is 0 Å². The molecule has 320 valence electrons. The van der Waals surface area contributed by atoms with E-state index in [-0.39, 0.29) is 5.41 Å². The molecule has 1 nitrogen and oxygen atoms in total. The first-order valence-electron chi connectivity index (χ1n) is 23.5. The highest BCUT2D eigenvalue weighted by atomic mass is 32.2. The second kappa shape index (κ2) is 18.1. The summed E-state index contributed by atoms with van der Waals surface area (Å²) in [5, 5.41) is 1.42. The van der Waals surface area contributed by atoms with E-state index in [0.29, 0.717) is 11.8 Å². The number of hydrogen-bond donors (Lipinski definition) is 0. The second-order valence-electron chi connectivity index (χ2n) is 18.5. The van der Waals surface area contributed by atoms with Gasteiger partial charge in [-0.05, 0) is 142 Å². The third-order valence-corrected chi connectivity index (χ3v) is 16.3. The van der Waals surface area contributed by atoms with Gasteiger partial charge in [0.1, 0.15) is 0 Å². The number of fused-ring (bicyclic) bond motifs is 4. The molecule has 4 aromatic carbocycles. The first-order valence-corrected chi connectivity index (χ1v) is 25.3. The van der Waals surface area contributed by atoms with Crippen LogP contribution in [-0.2, 0) is 12.8 Å². The molecule has 1 aliphatic heterocycles. The minimum absolute atomic E-state index is 0.131. The van der Waals surface area contributed by atoms with Crippen LogP contribution in [0.25, 0.3) is 61.3 Å². The molecular weight excluding hydrogens is 811 g/mol. The van der Waals surface area contributed by atoms with Crippen molar-refractivity contribution in [2.75, 3.05) is 5.75 Å². The van der Waals surface area contributed by atoms with E-state index in [0.717, 1.165) is 50.7 Å². The average molecular weight is 870 g/mol. The molecule has 0 saturated heterocycles. The molecule has 3 heterocycles. The molecule has 0 spiro atoms. The van der Waals surface area contributed by atoms with E-state index in [1.807, 2.05) is 23.1 Å².